The lowest BCUT2D eigenvalue weighted by atomic mass is 10.2. The highest BCUT2D eigenvalue weighted by Gasteiger charge is 2.40. The molecule has 1 fully saturated rings. The molecule has 7 nitrogen and oxygen atoms in total. The van der Waals surface area contributed by atoms with Crippen molar-refractivity contribution >= 4 is 39.8 Å². The molecule has 1 aliphatic rings. The summed E-state index contributed by atoms with van der Waals surface area (Å²) >= 11 is 0. The fourth-order valence-electron chi connectivity index (χ4n) is 2.47. The van der Waals surface area contributed by atoms with Crippen LogP contribution in [-0.2, 0) is 16.4 Å². The molecule has 1 N–H and O–H groups in total. The first-order chi connectivity index (χ1) is 10.7. The second-order valence-electron chi connectivity index (χ2n) is 5.93. The molecule has 2 rings (SSSR count). The van der Waals surface area contributed by atoms with Crippen molar-refractivity contribution in [3.05, 3.63) is 18.2 Å². The van der Waals surface area contributed by atoms with Crippen LogP contribution in [0.1, 0.15) is 26.2 Å². The van der Waals surface area contributed by atoms with E-state index in [1.807, 2.05) is 4.90 Å². The number of sulfone groups is 1. The van der Waals surface area contributed by atoms with Crippen molar-refractivity contribution in [3.63, 3.8) is 0 Å². The second-order valence-corrected chi connectivity index (χ2v) is 8.67. The van der Waals surface area contributed by atoms with E-state index in [0.717, 1.165) is 4.57 Å². The van der Waals surface area contributed by atoms with E-state index in [4.69, 9.17) is 0 Å². The number of hydrogen-bond acceptors (Lipinski definition) is 4. The Morgan fingerprint density at radius 1 is 1.50 bits per heavy atom. The Kier molecular flexibility index (Phi) is 6.96. The first-order valence-corrected chi connectivity index (χ1v) is 8.81. The van der Waals surface area contributed by atoms with Crippen LogP contribution >= 0.6 is 24.0 Å². The van der Waals surface area contributed by atoms with E-state index in [1.54, 1.807) is 20.9 Å². The summed E-state index contributed by atoms with van der Waals surface area (Å²) in [5.74, 6) is 0.689. The summed E-state index contributed by atoms with van der Waals surface area (Å²) in [5, 5.41) is 2.97. The molecule has 24 heavy (non-hydrogen) atoms. The Morgan fingerprint density at radius 2 is 2.17 bits per heavy atom. The number of hydrogen-bond donors (Lipinski definition) is 1. The number of aliphatic imine (C=N–C) groups is 1. The van der Waals surface area contributed by atoms with Gasteiger partial charge in [0.15, 0.2) is 15.8 Å². The molecule has 0 amide bonds. The third kappa shape index (κ3) is 4.35. The number of rotatable bonds is 3. The number of nitrogens with zero attached hydrogens (tertiary/aromatic N) is 4. The monoisotopic (exact) mass is 477 g/mol. The molecule has 0 unspecified atom stereocenters. The minimum Gasteiger partial charge on any atom is -0.349 e. The van der Waals surface area contributed by atoms with Gasteiger partial charge in [-0.2, -0.15) is 8.78 Å². The number of halogens is 3. The van der Waals surface area contributed by atoms with Crippen molar-refractivity contribution in [1.82, 2.24) is 19.8 Å². The van der Waals surface area contributed by atoms with Crippen LogP contribution in [0.25, 0.3) is 0 Å². The topological polar surface area (TPSA) is 79.6 Å². The van der Waals surface area contributed by atoms with Gasteiger partial charge in [-0.3, -0.25) is 9.56 Å². The van der Waals surface area contributed by atoms with Crippen LogP contribution in [0.5, 0.6) is 0 Å². The van der Waals surface area contributed by atoms with Crippen LogP contribution in [0, 0.1) is 0 Å². The van der Waals surface area contributed by atoms with E-state index in [-0.39, 0.29) is 48.6 Å². The molecule has 1 aliphatic heterocycles. The molecule has 0 radical (unpaired) electrons. The zero-order valence-corrected chi connectivity index (χ0v) is 16.9. The minimum absolute atomic E-state index is 0. The number of aromatic nitrogens is 2. The highest BCUT2D eigenvalue weighted by atomic mass is 127. The molecule has 11 heteroatoms. The van der Waals surface area contributed by atoms with Gasteiger partial charge in [-0.05, 0) is 13.8 Å². The van der Waals surface area contributed by atoms with Gasteiger partial charge in [0.25, 0.3) is 0 Å². The van der Waals surface area contributed by atoms with Gasteiger partial charge in [0.05, 0.1) is 17.0 Å². The van der Waals surface area contributed by atoms with E-state index in [1.165, 1.54) is 12.4 Å². The highest BCUT2D eigenvalue weighted by molar-refractivity contribution is 14.0. The minimum atomic E-state index is -3.15. The average molecular weight is 477 g/mol. The molecule has 0 saturated carbocycles. The summed E-state index contributed by atoms with van der Waals surface area (Å²) in [6, 6.07) is 0. The SMILES string of the molecule is CN=C(NCc1nccn1C(F)F)N1CCS(=O)(=O)C(C)(C)C1.I. The molecule has 0 aliphatic carbocycles. The van der Waals surface area contributed by atoms with E-state index >= 15 is 0 Å². The summed E-state index contributed by atoms with van der Waals surface area (Å²) in [6.45, 7) is 1.37. The lowest BCUT2D eigenvalue weighted by molar-refractivity contribution is 0.0668. The number of nitrogens with one attached hydrogen (secondary N) is 1. The second kappa shape index (κ2) is 7.93. The first-order valence-electron chi connectivity index (χ1n) is 7.16. The molecule has 1 aromatic rings. The van der Waals surface area contributed by atoms with Crippen LogP contribution in [-0.4, -0.2) is 59.5 Å². The summed E-state index contributed by atoms with van der Waals surface area (Å²) in [6.07, 6.45) is 2.52. The van der Waals surface area contributed by atoms with Crippen molar-refractivity contribution in [1.29, 1.82) is 0 Å². The third-order valence-corrected chi connectivity index (χ3v) is 6.45. The molecule has 0 bridgehead atoms. The van der Waals surface area contributed by atoms with Crippen molar-refractivity contribution < 1.29 is 17.2 Å². The lowest BCUT2D eigenvalue weighted by Crippen LogP contribution is -2.57. The fourth-order valence-corrected chi connectivity index (χ4v) is 3.84. The molecule has 2 heterocycles. The van der Waals surface area contributed by atoms with Gasteiger partial charge in [-0.1, -0.05) is 0 Å². The van der Waals surface area contributed by atoms with E-state index in [9.17, 15) is 17.2 Å². The average Bonchev–Trinajstić information content (AvgIpc) is 2.92. The van der Waals surface area contributed by atoms with Crippen LogP contribution in [0.2, 0.25) is 0 Å². The van der Waals surface area contributed by atoms with Gasteiger partial charge in [0, 0.05) is 32.5 Å². The van der Waals surface area contributed by atoms with Crippen LogP contribution < -0.4 is 5.32 Å². The van der Waals surface area contributed by atoms with Gasteiger partial charge >= 0.3 is 6.55 Å². The molecule has 0 aromatic carbocycles. The summed E-state index contributed by atoms with van der Waals surface area (Å²) in [4.78, 5) is 9.82. The van der Waals surface area contributed by atoms with Gasteiger partial charge in [0.2, 0.25) is 0 Å². The van der Waals surface area contributed by atoms with Gasteiger partial charge in [-0.15, -0.1) is 24.0 Å². The van der Waals surface area contributed by atoms with Crippen molar-refractivity contribution in [2.45, 2.75) is 31.7 Å². The number of guanidine groups is 1. The Balaban J connectivity index is 0.00000288. The third-order valence-electron chi connectivity index (χ3n) is 3.92. The summed E-state index contributed by atoms with van der Waals surface area (Å²) in [5.41, 5.74) is 0. The smallest absolute Gasteiger partial charge is 0.319 e. The lowest BCUT2D eigenvalue weighted by Gasteiger charge is -2.39. The Bertz CT molecular complexity index is 690. The van der Waals surface area contributed by atoms with E-state index in [2.05, 4.69) is 15.3 Å². The molecular weight excluding hydrogens is 455 g/mol. The largest absolute Gasteiger partial charge is 0.349 e. The summed E-state index contributed by atoms with van der Waals surface area (Å²) < 4.78 is 49.6. The number of imidazole rings is 1. The predicted molar refractivity (Wildman–Crippen MR) is 98.5 cm³/mol. The first kappa shape index (κ1) is 21.1. The normalized spacial score (nSPS) is 19.9. The maximum absolute atomic E-state index is 12.8. The van der Waals surface area contributed by atoms with E-state index < -0.39 is 21.1 Å². The zero-order chi connectivity index (χ0) is 17.3. The molecule has 0 spiro atoms. The van der Waals surface area contributed by atoms with Gasteiger partial charge < -0.3 is 10.2 Å². The van der Waals surface area contributed by atoms with E-state index in [0.29, 0.717) is 12.5 Å². The fraction of sp³-hybridized carbons (Fsp3) is 0.692. The Hall–Kier alpha value is -0.980. The summed E-state index contributed by atoms with van der Waals surface area (Å²) in [7, 11) is -1.58. The van der Waals surface area contributed by atoms with Gasteiger partial charge in [0.1, 0.15) is 5.82 Å². The maximum atomic E-state index is 12.8. The van der Waals surface area contributed by atoms with Crippen LogP contribution in [0.3, 0.4) is 0 Å². The zero-order valence-electron chi connectivity index (χ0n) is 13.7. The highest BCUT2D eigenvalue weighted by Crippen LogP contribution is 2.23. The van der Waals surface area contributed by atoms with Crippen LogP contribution in [0.4, 0.5) is 8.78 Å². The molecule has 1 saturated heterocycles. The Morgan fingerprint density at radius 3 is 2.71 bits per heavy atom. The maximum Gasteiger partial charge on any atom is 0.319 e. The molecular formula is C13H22F2IN5O2S. The standard InChI is InChI=1S/C13H21F2N5O2S.HI/c1-13(2)9-19(6-7-23(13,21)22)12(16-3)18-8-10-17-4-5-20(10)11(14)15;/h4-5,11H,6-9H2,1-3H3,(H,16,18);1H. The van der Waals surface area contributed by atoms with Crippen molar-refractivity contribution in [2.24, 2.45) is 4.99 Å². The van der Waals surface area contributed by atoms with Crippen molar-refractivity contribution in [2.75, 3.05) is 25.9 Å². The number of alkyl halides is 2. The molecule has 138 valence electrons. The van der Waals surface area contributed by atoms with Gasteiger partial charge in [-0.25, -0.2) is 13.4 Å². The van der Waals surface area contributed by atoms with Crippen LogP contribution in [0.15, 0.2) is 17.4 Å². The van der Waals surface area contributed by atoms with Crippen molar-refractivity contribution in [3.8, 4) is 0 Å². The molecule has 0 atom stereocenters. The molecule has 1 aromatic heterocycles. The quantitative estimate of drug-likeness (QED) is 0.406. The predicted octanol–water partition coefficient (Wildman–Crippen LogP) is 1.48. The Labute approximate surface area is 157 Å².